The van der Waals surface area contributed by atoms with Crippen LogP contribution in [0.2, 0.25) is 0 Å². The van der Waals surface area contributed by atoms with E-state index < -0.39 is 17.5 Å². The second-order valence-corrected chi connectivity index (χ2v) is 3.63. The minimum Gasteiger partial charge on any atom is -0.465 e. The first-order chi connectivity index (χ1) is 8.99. The van der Waals surface area contributed by atoms with E-state index in [1.54, 1.807) is 0 Å². The molecule has 2 N–H and O–H groups in total. The van der Waals surface area contributed by atoms with E-state index in [-0.39, 0.29) is 17.3 Å². The number of hydrogen-bond acceptors (Lipinski definition) is 4. The smallest absolute Gasteiger partial charge is 0.409 e. The third kappa shape index (κ3) is 2.57. The van der Waals surface area contributed by atoms with Gasteiger partial charge in [0.2, 0.25) is 5.95 Å². The maximum atomic E-state index is 13.1. The van der Waals surface area contributed by atoms with Crippen LogP contribution < -0.4 is 10.9 Å². The number of nitrogens with zero attached hydrogens (tertiary/aromatic N) is 3. The van der Waals surface area contributed by atoms with Crippen molar-refractivity contribution in [3.05, 3.63) is 46.4 Å². The quantitative estimate of drug-likeness (QED) is 0.848. The number of hydrogen-bond donors (Lipinski definition) is 2. The molecule has 0 spiro atoms. The average Bonchev–Trinajstić information content (AvgIpc) is 2.35. The summed E-state index contributed by atoms with van der Waals surface area (Å²) in [4.78, 5) is 30.0. The first kappa shape index (κ1) is 12.7. The van der Waals surface area contributed by atoms with Crippen molar-refractivity contribution in [2.24, 2.45) is 0 Å². The molecule has 7 nitrogen and oxygen atoms in total. The van der Waals surface area contributed by atoms with Gasteiger partial charge in [-0.3, -0.25) is 14.7 Å². The van der Waals surface area contributed by atoms with Crippen molar-refractivity contribution in [3.8, 4) is 5.95 Å². The summed E-state index contributed by atoms with van der Waals surface area (Å²) in [6.07, 6.45) is 0.953. The highest BCUT2D eigenvalue weighted by atomic mass is 19.1. The Bertz CT molecular complexity index is 699. The molecular formula is C11H9FN4O3. The molecule has 0 fully saturated rings. The van der Waals surface area contributed by atoms with Gasteiger partial charge in [0.05, 0.1) is 11.9 Å². The molecule has 2 heterocycles. The fraction of sp³-hybridized carbons (Fsp3) is 0.0909. The maximum absolute atomic E-state index is 13.1. The Morgan fingerprint density at radius 3 is 2.89 bits per heavy atom. The van der Waals surface area contributed by atoms with E-state index in [0.29, 0.717) is 0 Å². The number of amides is 1. The molecule has 0 aliphatic carbocycles. The summed E-state index contributed by atoms with van der Waals surface area (Å²) in [6, 6.07) is 2.76. The van der Waals surface area contributed by atoms with Gasteiger partial charge in [-0.2, -0.15) is 0 Å². The van der Waals surface area contributed by atoms with Gasteiger partial charge in [0.25, 0.3) is 5.56 Å². The molecule has 8 heteroatoms. The summed E-state index contributed by atoms with van der Waals surface area (Å²) in [5, 5.41) is 10.6. The lowest BCUT2D eigenvalue weighted by molar-refractivity contribution is 0.209. The Morgan fingerprint density at radius 1 is 1.53 bits per heavy atom. The third-order valence-electron chi connectivity index (χ3n) is 2.31. The number of aromatic nitrogens is 3. The van der Waals surface area contributed by atoms with Crippen molar-refractivity contribution in [1.29, 1.82) is 0 Å². The number of nitrogens with one attached hydrogen (secondary N) is 1. The SMILES string of the molecule is Cc1nc(-n2cccc(NC(=O)O)c2=O)ncc1F. The second-order valence-electron chi connectivity index (χ2n) is 3.63. The Hall–Kier alpha value is -2.77. The highest BCUT2D eigenvalue weighted by Gasteiger charge is 2.10. The number of anilines is 1. The van der Waals surface area contributed by atoms with Crippen LogP contribution >= 0.6 is 0 Å². The van der Waals surface area contributed by atoms with E-state index in [0.717, 1.165) is 10.8 Å². The highest BCUT2D eigenvalue weighted by molar-refractivity contribution is 5.82. The summed E-state index contributed by atoms with van der Waals surface area (Å²) in [5.41, 5.74) is -0.690. The van der Waals surface area contributed by atoms with E-state index >= 15 is 0 Å². The lowest BCUT2D eigenvalue weighted by atomic mass is 10.4. The van der Waals surface area contributed by atoms with Crippen LogP contribution in [0.15, 0.2) is 29.3 Å². The monoisotopic (exact) mass is 264 g/mol. The minimum atomic E-state index is -1.36. The van der Waals surface area contributed by atoms with Crippen LogP contribution in [0, 0.1) is 12.7 Å². The van der Waals surface area contributed by atoms with Crippen LogP contribution in [0.5, 0.6) is 0 Å². The number of carbonyl (C=O) groups is 1. The van der Waals surface area contributed by atoms with Gasteiger partial charge in [0.15, 0.2) is 5.82 Å². The summed E-state index contributed by atoms with van der Waals surface area (Å²) in [5.74, 6) is -0.616. The van der Waals surface area contributed by atoms with Gasteiger partial charge in [0.1, 0.15) is 5.69 Å². The number of rotatable bonds is 2. The van der Waals surface area contributed by atoms with Gasteiger partial charge in [0, 0.05) is 6.20 Å². The zero-order valence-electron chi connectivity index (χ0n) is 9.79. The fourth-order valence-corrected chi connectivity index (χ4v) is 1.42. The van der Waals surface area contributed by atoms with E-state index in [1.165, 1.54) is 25.3 Å². The van der Waals surface area contributed by atoms with Crippen LogP contribution in [0.1, 0.15) is 5.69 Å². The van der Waals surface area contributed by atoms with Gasteiger partial charge in [-0.25, -0.2) is 19.2 Å². The number of carboxylic acid groups (broad SMARTS) is 1. The normalized spacial score (nSPS) is 10.2. The zero-order chi connectivity index (χ0) is 14.0. The van der Waals surface area contributed by atoms with Gasteiger partial charge >= 0.3 is 6.09 Å². The van der Waals surface area contributed by atoms with Crippen LogP contribution in [0.4, 0.5) is 14.9 Å². The van der Waals surface area contributed by atoms with Crippen molar-refractivity contribution < 1.29 is 14.3 Å². The molecule has 2 aromatic heterocycles. The summed E-state index contributed by atoms with van der Waals surface area (Å²) in [6.45, 7) is 1.44. The molecule has 0 aromatic carbocycles. The van der Waals surface area contributed by atoms with Gasteiger partial charge < -0.3 is 5.11 Å². The van der Waals surface area contributed by atoms with Gasteiger partial charge in [-0.1, -0.05) is 0 Å². The van der Waals surface area contributed by atoms with Gasteiger partial charge in [-0.05, 0) is 19.1 Å². The molecule has 0 aliphatic rings. The number of halogens is 1. The summed E-state index contributed by atoms with van der Waals surface area (Å²) in [7, 11) is 0. The van der Waals surface area contributed by atoms with Crippen molar-refractivity contribution in [2.45, 2.75) is 6.92 Å². The molecule has 19 heavy (non-hydrogen) atoms. The van der Waals surface area contributed by atoms with Crippen LogP contribution in [-0.4, -0.2) is 25.7 Å². The highest BCUT2D eigenvalue weighted by Crippen LogP contribution is 2.06. The molecule has 0 atom stereocenters. The molecule has 0 saturated heterocycles. The van der Waals surface area contributed by atoms with Gasteiger partial charge in [-0.15, -0.1) is 0 Å². The molecule has 98 valence electrons. The Balaban J connectivity index is 2.53. The van der Waals surface area contributed by atoms with Crippen molar-refractivity contribution in [3.63, 3.8) is 0 Å². The Labute approximate surface area is 106 Å². The lowest BCUT2D eigenvalue weighted by Crippen LogP contribution is -2.25. The molecule has 0 saturated carbocycles. The molecule has 1 amide bonds. The van der Waals surface area contributed by atoms with Crippen LogP contribution in [0.3, 0.4) is 0 Å². The Kier molecular flexibility index (Phi) is 3.23. The largest absolute Gasteiger partial charge is 0.465 e. The van der Waals surface area contributed by atoms with E-state index in [2.05, 4.69) is 9.97 Å². The van der Waals surface area contributed by atoms with Crippen molar-refractivity contribution in [2.75, 3.05) is 5.32 Å². The predicted molar refractivity (Wildman–Crippen MR) is 64.0 cm³/mol. The summed E-state index contributed by atoms with van der Waals surface area (Å²) >= 11 is 0. The van der Waals surface area contributed by atoms with E-state index in [9.17, 15) is 14.0 Å². The first-order valence-corrected chi connectivity index (χ1v) is 5.20. The standard InChI is InChI=1S/C11H9FN4O3/c1-6-7(12)5-13-10(14-6)16-4-2-3-8(9(16)17)15-11(18)19/h2-5,15H,1H3,(H,18,19). The van der Waals surface area contributed by atoms with Crippen molar-refractivity contribution >= 4 is 11.8 Å². The first-order valence-electron chi connectivity index (χ1n) is 5.20. The second kappa shape index (κ2) is 4.84. The van der Waals surface area contributed by atoms with Crippen LogP contribution in [-0.2, 0) is 0 Å². The summed E-state index contributed by atoms with van der Waals surface area (Å²) < 4.78 is 14.1. The molecule has 2 rings (SSSR count). The minimum absolute atomic E-state index is 0.0297. The van der Waals surface area contributed by atoms with E-state index in [4.69, 9.17) is 5.11 Å². The molecule has 0 unspecified atom stereocenters. The predicted octanol–water partition coefficient (Wildman–Crippen LogP) is 1.16. The number of pyridine rings is 1. The maximum Gasteiger partial charge on any atom is 0.409 e. The third-order valence-corrected chi connectivity index (χ3v) is 2.31. The Morgan fingerprint density at radius 2 is 2.26 bits per heavy atom. The zero-order valence-corrected chi connectivity index (χ0v) is 9.79. The topological polar surface area (TPSA) is 97.1 Å². The molecule has 0 aliphatic heterocycles. The number of aryl methyl sites for hydroxylation is 1. The molecule has 0 radical (unpaired) electrons. The molecular weight excluding hydrogens is 255 g/mol. The van der Waals surface area contributed by atoms with Crippen LogP contribution in [0.25, 0.3) is 5.95 Å². The van der Waals surface area contributed by atoms with Crippen molar-refractivity contribution in [1.82, 2.24) is 14.5 Å². The lowest BCUT2D eigenvalue weighted by Gasteiger charge is -2.06. The van der Waals surface area contributed by atoms with E-state index in [1.807, 2.05) is 5.32 Å². The molecule has 2 aromatic rings. The average molecular weight is 264 g/mol. The fourth-order valence-electron chi connectivity index (χ4n) is 1.42. The molecule has 0 bridgehead atoms.